The molecule has 1 aliphatic rings. The van der Waals surface area contributed by atoms with E-state index in [0.717, 1.165) is 4.47 Å². The van der Waals surface area contributed by atoms with Gasteiger partial charge in [0.2, 0.25) is 5.91 Å². The van der Waals surface area contributed by atoms with Crippen molar-refractivity contribution in [3.63, 3.8) is 0 Å². The summed E-state index contributed by atoms with van der Waals surface area (Å²) in [5.74, 6) is -0.469. The molecule has 0 saturated carbocycles. The Balaban J connectivity index is 1.60. The molecule has 1 aliphatic heterocycles. The molecule has 2 amide bonds. The molecule has 2 heterocycles. The summed E-state index contributed by atoms with van der Waals surface area (Å²) in [4.78, 5) is 40.0. The summed E-state index contributed by atoms with van der Waals surface area (Å²) in [6.07, 6.45) is 1.58. The van der Waals surface area contributed by atoms with Gasteiger partial charge in [0.1, 0.15) is 12.3 Å². The van der Waals surface area contributed by atoms with Crippen LogP contribution in [0, 0.1) is 0 Å². The number of halogens is 1. The molecule has 0 radical (unpaired) electrons. The van der Waals surface area contributed by atoms with Crippen LogP contribution in [0.15, 0.2) is 51.9 Å². The molecule has 0 bridgehead atoms. The number of pyridine rings is 1. The van der Waals surface area contributed by atoms with Crippen molar-refractivity contribution in [2.45, 2.75) is 6.54 Å². The highest BCUT2D eigenvalue weighted by molar-refractivity contribution is 9.10. The second-order valence-electron chi connectivity index (χ2n) is 6.00. The zero-order chi connectivity index (χ0) is 18.7. The first-order valence-electron chi connectivity index (χ1n) is 8.17. The molecule has 2 aromatic rings. The number of phenols is 1. The number of hydrogen-bond donors (Lipinski definition) is 1. The van der Waals surface area contributed by atoms with E-state index in [1.165, 1.54) is 16.7 Å². The molecule has 8 heteroatoms. The first kappa shape index (κ1) is 18.2. The summed E-state index contributed by atoms with van der Waals surface area (Å²) in [6.45, 7) is 1.51. The summed E-state index contributed by atoms with van der Waals surface area (Å²) in [7, 11) is 0. The summed E-state index contributed by atoms with van der Waals surface area (Å²) >= 11 is 3.28. The van der Waals surface area contributed by atoms with Gasteiger partial charge in [0, 0.05) is 42.9 Å². The van der Waals surface area contributed by atoms with E-state index in [-0.39, 0.29) is 35.2 Å². The van der Waals surface area contributed by atoms with Crippen LogP contribution in [0.4, 0.5) is 0 Å². The minimum Gasteiger partial charge on any atom is -0.507 e. The minimum atomic E-state index is -0.251. The Bertz CT molecular complexity index is 888. The number of rotatable bonds is 3. The van der Waals surface area contributed by atoms with Crippen LogP contribution in [0.3, 0.4) is 0 Å². The molecule has 3 rings (SSSR count). The third kappa shape index (κ3) is 3.96. The van der Waals surface area contributed by atoms with Crippen LogP contribution in [-0.2, 0) is 11.3 Å². The molecule has 0 atom stereocenters. The number of phenolic OH excluding ortho intramolecular Hbond substituents is 1. The highest BCUT2D eigenvalue weighted by Gasteiger charge is 2.26. The maximum Gasteiger partial charge on any atom is 0.257 e. The molecule has 1 aromatic carbocycles. The van der Waals surface area contributed by atoms with Gasteiger partial charge in [-0.1, -0.05) is 12.1 Å². The number of benzene rings is 1. The molecule has 26 heavy (non-hydrogen) atoms. The van der Waals surface area contributed by atoms with Gasteiger partial charge in [0.05, 0.1) is 5.56 Å². The molecule has 0 spiro atoms. The van der Waals surface area contributed by atoms with Crippen molar-refractivity contribution in [3.05, 3.63) is 63.0 Å². The average molecular weight is 420 g/mol. The van der Waals surface area contributed by atoms with E-state index in [9.17, 15) is 19.5 Å². The smallest absolute Gasteiger partial charge is 0.257 e. The van der Waals surface area contributed by atoms with E-state index >= 15 is 0 Å². The quantitative estimate of drug-likeness (QED) is 0.812. The molecule has 0 unspecified atom stereocenters. The summed E-state index contributed by atoms with van der Waals surface area (Å²) in [6, 6.07) is 9.44. The van der Waals surface area contributed by atoms with Crippen LogP contribution in [0.2, 0.25) is 0 Å². The lowest BCUT2D eigenvalue weighted by Crippen LogP contribution is -2.51. The lowest BCUT2D eigenvalue weighted by atomic mass is 10.1. The predicted octanol–water partition coefficient (Wildman–Crippen LogP) is 1.30. The van der Waals surface area contributed by atoms with Gasteiger partial charge in [-0.2, -0.15) is 0 Å². The van der Waals surface area contributed by atoms with Crippen molar-refractivity contribution in [2.75, 3.05) is 26.2 Å². The first-order valence-corrected chi connectivity index (χ1v) is 8.96. The molecular formula is C18H18BrN3O4. The molecule has 1 N–H and O–H groups in total. The minimum absolute atomic E-state index is 0.0360. The van der Waals surface area contributed by atoms with Gasteiger partial charge < -0.3 is 19.5 Å². The van der Waals surface area contributed by atoms with Gasteiger partial charge in [-0.15, -0.1) is 0 Å². The zero-order valence-corrected chi connectivity index (χ0v) is 15.6. The third-order valence-electron chi connectivity index (χ3n) is 4.31. The Morgan fingerprint density at radius 1 is 1.00 bits per heavy atom. The lowest BCUT2D eigenvalue weighted by Gasteiger charge is -2.35. The number of nitrogens with zero attached hydrogens (tertiary/aromatic N) is 3. The molecule has 136 valence electrons. The standard InChI is InChI=1S/C18H18BrN3O4/c19-13-5-6-16(24)22(11-13)12-17(25)20-7-9-21(10-8-20)18(26)14-3-1-2-4-15(14)23/h1-6,11,23H,7-10,12H2. The largest absolute Gasteiger partial charge is 0.507 e. The van der Waals surface area contributed by atoms with E-state index in [2.05, 4.69) is 15.9 Å². The Kier molecular flexibility index (Phi) is 5.41. The summed E-state index contributed by atoms with van der Waals surface area (Å²) in [5.41, 5.74) is 0.0166. The fourth-order valence-corrected chi connectivity index (χ4v) is 3.23. The highest BCUT2D eigenvalue weighted by atomic mass is 79.9. The van der Waals surface area contributed by atoms with Crippen LogP contribution in [0.25, 0.3) is 0 Å². The van der Waals surface area contributed by atoms with Crippen molar-refractivity contribution < 1.29 is 14.7 Å². The second-order valence-corrected chi connectivity index (χ2v) is 6.92. The number of carbonyl (C=O) groups excluding carboxylic acids is 2. The van der Waals surface area contributed by atoms with Gasteiger partial charge in [0.25, 0.3) is 11.5 Å². The van der Waals surface area contributed by atoms with E-state index < -0.39 is 0 Å². The van der Waals surface area contributed by atoms with Crippen LogP contribution in [0.5, 0.6) is 5.75 Å². The predicted molar refractivity (Wildman–Crippen MR) is 99.0 cm³/mol. The fraction of sp³-hybridized carbons (Fsp3) is 0.278. The number of aromatic nitrogens is 1. The summed E-state index contributed by atoms with van der Waals surface area (Å²) in [5, 5.41) is 9.82. The van der Waals surface area contributed by atoms with E-state index in [1.807, 2.05) is 0 Å². The number of amides is 2. The SMILES string of the molecule is O=C(Cn1cc(Br)ccc1=O)N1CCN(C(=O)c2ccccc2O)CC1. The van der Waals surface area contributed by atoms with E-state index in [1.54, 1.807) is 40.3 Å². The van der Waals surface area contributed by atoms with E-state index in [4.69, 9.17) is 0 Å². The molecule has 0 aliphatic carbocycles. The monoisotopic (exact) mass is 419 g/mol. The lowest BCUT2D eigenvalue weighted by molar-refractivity contribution is -0.133. The maximum absolute atomic E-state index is 12.5. The van der Waals surface area contributed by atoms with Crippen LogP contribution in [-0.4, -0.2) is 57.5 Å². The molecule has 1 fully saturated rings. The Labute approximate surface area is 158 Å². The van der Waals surface area contributed by atoms with Gasteiger partial charge >= 0.3 is 0 Å². The van der Waals surface area contributed by atoms with Crippen molar-refractivity contribution in [1.29, 1.82) is 0 Å². The van der Waals surface area contributed by atoms with Gasteiger partial charge in [-0.3, -0.25) is 14.4 Å². The normalized spacial score (nSPS) is 14.3. The fourth-order valence-electron chi connectivity index (χ4n) is 2.86. The number of piperazine rings is 1. The van der Waals surface area contributed by atoms with Crippen molar-refractivity contribution in [1.82, 2.24) is 14.4 Å². The van der Waals surface area contributed by atoms with Gasteiger partial charge in [0.15, 0.2) is 0 Å². The maximum atomic E-state index is 12.5. The molecule has 1 saturated heterocycles. The second kappa shape index (κ2) is 7.74. The topological polar surface area (TPSA) is 82.9 Å². The number of hydrogen-bond acceptors (Lipinski definition) is 4. The summed E-state index contributed by atoms with van der Waals surface area (Å²) < 4.78 is 2.08. The van der Waals surface area contributed by atoms with E-state index in [0.29, 0.717) is 26.2 Å². The van der Waals surface area contributed by atoms with Crippen LogP contribution >= 0.6 is 15.9 Å². The first-order chi connectivity index (χ1) is 12.5. The van der Waals surface area contributed by atoms with Crippen molar-refractivity contribution in [2.24, 2.45) is 0 Å². The highest BCUT2D eigenvalue weighted by Crippen LogP contribution is 2.18. The zero-order valence-electron chi connectivity index (χ0n) is 14.0. The number of aromatic hydroxyl groups is 1. The Morgan fingerprint density at radius 2 is 1.65 bits per heavy atom. The number of carbonyl (C=O) groups is 2. The van der Waals surface area contributed by atoms with Crippen molar-refractivity contribution in [3.8, 4) is 5.75 Å². The van der Waals surface area contributed by atoms with Crippen LogP contribution in [0.1, 0.15) is 10.4 Å². The average Bonchev–Trinajstić information content (AvgIpc) is 2.64. The van der Waals surface area contributed by atoms with Gasteiger partial charge in [-0.25, -0.2) is 0 Å². The number of para-hydroxylation sites is 1. The molecule has 7 nitrogen and oxygen atoms in total. The third-order valence-corrected chi connectivity index (χ3v) is 4.78. The molecular weight excluding hydrogens is 402 g/mol. The van der Waals surface area contributed by atoms with Crippen molar-refractivity contribution >= 4 is 27.7 Å². The van der Waals surface area contributed by atoms with Crippen LogP contribution < -0.4 is 5.56 Å². The van der Waals surface area contributed by atoms with Gasteiger partial charge in [-0.05, 0) is 34.1 Å². The Hall–Kier alpha value is -2.61. The Morgan fingerprint density at radius 3 is 2.35 bits per heavy atom. The molecule has 1 aromatic heterocycles.